The zero-order valence-corrected chi connectivity index (χ0v) is 13.7. The van der Waals surface area contributed by atoms with Gasteiger partial charge in [0.1, 0.15) is 12.6 Å². The van der Waals surface area contributed by atoms with E-state index in [0.29, 0.717) is 13.0 Å². The molecule has 2 aromatic rings. The van der Waals surface area contributed by atoms with Gasteiger partial charge >= 0.3 is 6.09 Å². The number of hydrogen-bond donors (Lipinski definition) is 2. The van der Waals surface area contributed by atoms with Crippen molar-refractivity contribution >= 4 is 12.0 Å². The summed E-state index contributed by atoms with van der Waals surface area (Å²) < 4.78 is 10.5. The molecule has 0 radical (unpaired) electrons. The van der Waals surface area contributed by atoms with Crippen LogP contribution in [0.5, 0.6) is 0 Å². The topological polar surface area (TPSA) is 71.4 Å². The van der Waals surface area contributed by atoms with Crippen LogP contribution in [0.4, 0.5) is 4.79 Å². The van der Waals surface area contributed by atoms with E-state index in [1.807, 2.05) is 67.6 Å². The zero-order valence-electron chi connectivity index (χ0n) is 13.7. The molecule has 24 heavy (non-hydrogen) atoms. The number of carbonyl (C=O) groups excluding carboxylic acids is 1. The summed E-state index contributed by atoms with van der Waals surface area (Å²) in [5.74, 6) is 0.0259. The summed E-state index contributed by atoms with van der Waals surface area (Å²) >= 11 is 0. The number of rotatable bonds is 7. The largest absolute Gasteiger partial charge is 0.480 e. The van der Waals surface area contributed by atoms with E-state index in [1.54, 1.807) is 0 Å². The molecule has 126 valence electrons. The predicted octanol–water partition coefficient (Wildman–Crippen LogP) is 3.54. The molecule has 0 aliphatic heterocycles. The van der Waals surface area contributed by atoms with E-state index in [0.717, 1.165) is 11.1 Å². The normalized spacial score (nSPS) is 11.4. The highest BCUT2D eigenvalue weighted by Crippen LogP contribution is 2.06. The third kappa shape index (κ3) is 5.76. The number of benzene rings is 2. The summed E-state index contributed by atoms with van der Waals surface area (Å²) in [6.45, 7) is 2.37. The summed E-state index contributed by atoms with van der Waals surface area (Å²) in [6.07, 6.45) is -0.0932. The Bertz CT molecular complexity index is 644. The molecule has 1 amide bonds. The first-order valence-electron chi connectivity index (χ1n) is 7.91. The monoisotopic (exact) mass is 326 g/mol. The van der Waals surface area contributed by atoms with E-state index < -0.39 is 12.1 Å². The van der Waals surface area contributed by atoms with Crippen molar-refractivity contribution < 1.29 is 14.3 Å². The highest BCUT2D eigenvalue weighted by atomic mass is 16.5. The van der Waals surface area contributed by atoms with Gasteiger partial charge in [-0.2, -0.15) is 0 Å². The van der Waals surface area contributed by atoms with Crippen LogP contribution < -0.4 is 5.32 Å². The van der Waals surface area contributed by atoms with Gasteiger partial charge < -0.3 is 14.8 Å². The molecular formula is C19H22N2O3. The third-order valence-electron chi connectivity index (χ3n) is 3.40. The number of ether oxygens (including phenoxy) is 2. The van der Waals surface area contributed by atoms with Crippen LogP contribution in [0.1, 0.15) is 18.1 Å². The van der Waals surface area contributed by atoms with Gasteiger partial charge in [0, 0.05) is 6.42 Å². The molecule has 0 fully saturated rings. The summed E-state index contributed by atoms with van der Waals surface area (Å²) in [4.78, 5) is 12.0. The fourth-order valence-electron chi connectivity index (χ4n) is 2.22. The highest BCUT2D eigenvalue weighted by Gasteiger charge is 2.20. The Kier molecular flexibility index (Phi) is 6.83. The second-order valence-corrected chi connectivity index (χ2v) is 5.25. The van der Waals surface area contributed by atoms with Crippen molar-refractivity contribution in [1.82, 2.24) is 5.32 Å². The van der Waals surface area contributed by atoms with Crippen LogP contribution >= 0.6 is 0 Å². The van der Waals surface area contributed by atoms with Crippen molar-refractivity contribution in [2.24, 2.45) is 0 Å². The molecule has 5 nitrogen and oxygen atoms in total. The standard InChI is InChI=1S/C19H22N2O3/c1-2-23-18(20)17(13-15-9-5-3-6-10-15)21-19(22)24-14-16-11-7-4-8-12-16/h3-12,17,20H,2,13-14H2,1H3,(H,21,22). The number of alkyl carbamates (subject to hydrolysis) is 1. The van der Waals surface area contributed by atoms with Crippen LogP contribution in [0.25, 0.3) is 0 Å². The van der Waals surface area contributed by atoms with E-state index in [4.69, 9.17) is 14.9 Å². The van der Waals surface area contributed by atoms with Gasteiger partial charge in [-0.3, -0.25) is 5.41 Å². The first-order valence-corrected chi connectivity index (χ1v) is 7.91. The van der Waals surface area contributed by atoms with Crippen molar-refractivity contribution in [3.8, 4) is 0 Å². The van der Waals surface area contributed by atoms with Crippen LogP contribution in [0.2, 0.25) is 0 Å². The van der Waals surface area contributed by atoms with E-state index in [-0.39, 0.29) is 12.5 Å². The van der Waals surface area contributed by atoms with Crippen molar-refractivity contribution in [3.63, 3.8) is 0 Å². The molecule has 2 rings (SSSR count). The lowest BCUT2D eigenvalue weighted by Crippen LogP contribution is -2.43. The maximum atomic E-state index is 12.0. The number of amides is 1. The summed E-state index contributed by atoms with van der Waals surface area (Å²) in [7, 11) is 0. The Morgan fingerprint density at radius 1 is 1.00 bits per heavy atom. The molecule has 2 N–H and O–H groups in total. The lowest BCUT2D eigenvalue weighted by atomic mass is 10.1. The van der Waals surface area contributed by atoms with Gasteiger partial charge in [0.15, 0.2) is 0 Å². The highest BCUT2D eigenvalue weighted by molar-refractivity contribution is 5.83. The van der Waals surface area contributed by atoms with Crippen molar-refractivity contribution in [3.05, 3.63) is 71.8 Å². The Balaban J connectivity index is 1.93. The first kappa shape index (κ1) is 17.5. The lowest BCUT2D eigenvalue weighted by molar-refractivity contribution is 0.136. The molecule has 1 atom stereocenters. The van der Waals surface area contributed by atoms with Gasteiger partial charge in [0.05, 0.1) is 6.61 Å². The van der Waals surface area contributed by atoms with Crippen LogP contribution in [-0.4, -0.2) is 24.6 Å². The minimum absolute atomic E-state index is 0.0259. The predicted molar refractivity (Wildman–Crippen MR) is 93.0 cm³/mol. The summed E-state index contributed by atoms with van der Waals surface area (Å²) in [5.41, 5.74) is 1.92. The van der Waals surface area contributed by atoms with Crippen molar-refractivity contribution in [2.75, 3.05) is 6.61 Å². The van der Waals surface area contributed by atoms with Crippen LogP contribution in [0.3, 0.4) is 0 Å². The van der Waals surface area contributed by atoms with Gasteiger partial charge in [-0.15, -0.1) is 0 Å². The van der Waals surface area contributed by atoms with Crippen molar-refractivity contribution in [1.29, 1.82) is 5.41 Å². The molecule has 0 aromatic heterocycles. The number of carbonyl (C=O) groups is 1. The minimum atomic E-state index is -0.566. The molecule has 0 heterocycles. The molecule has 0 saturated heterocycles. The quantitative estimate of drug-likeness (QED) is 0.604. The smallest absolute Gasteiger partial charge is 0.408 e. The maximum Gasteiger partial charge on any atom is 0.408 e. The zero-order chi connectivity index (χ0) is 17.2. The van der Waals surface area contributed by atoms with Gasteiger partial charge in [0.25, 0.3) is 0 Å². The summed E-state index contributed by atoms with van der Waals surface area (Å²) in [6, 6.07) is 18.6. The first-order chi connectivity index (χ1) is 11.7. The average Bonchev–Trinajstić information content (AvgIpc) is 2.61. The Morgan fingerprint density at radius 2 is 1.58 bits per heavy atom. The van der Waals surface area contributed by atoms with Gasteiger partial charge in [-0.1, -0.05) is 60.7 Å². The van der Waals surface area contributed by atoms with Crippen LogP contribution in [0, 0.1) is 5.41 Å². The fraction of sp³-hybridized carbons (Fsp3) is 0.263. The maximum absolute atomic E-state index is 12.0. The Morgan fingerprint density at radius 3 is 2.17 bits per heavy atom. The molecule has 5 heteroatoms. The molecule has 0 saturated carbocycles. The van der Waals surface area contributed by atoms with E-state index >= 15 is 0 Å². The van der Waals surface area contributed by atoms with Gasteiger partial charge in [-0.05, 0) is 18.1 Å². The van der Waals surface area contributed by atoms with Gasteiger partial charge in [0.2, 0.25) is 5.90 Å². The summed E-state index contributed by atoms with van der Waals surface area (Å²) in [5, 5.41) is 10.7. The molecule has 0 bridgehead atoms. The molecule has 2 aromatic carbocycles. The SMILES string of the molecule is CCOC(=N)C(Cc1ccccc1)NC(=O)OCc1ccccc1. The number of nitrogens with one attached hydrogen (secondary N) is 2. The van der Waals surface area contributed by atoms with Crippen LogP contribution in [-0.2, 0) is 22.5 Å². The Labute approximate surface area is 142 Å². The van der Waals surface area contributed by atoms with Gasteiger partial charge in [-0.25, -0.2) is 4.79 Å². The second-order valence-electron chi connectivity index (χ2n) is 5.25. The molecule has 0 aliphatic rings. The fourth-order valence-corrected chi connectivity index (χ4v) is 2.22. The molecule has 0 spiro atoms. The van der Waals surface area contributed by atoms with E-state index in [9.17, 15) is 4.79 Å². The van der Waals surface area contributed by atoms with Crippen LogP contribution in [0.15, 0.2) is 60.7 Å². The lowest BCUT2D eigenvalue weighted by Gasteiger charge is -2.19. The third-order valence-corrected chi connectivity index (χ3v) is 3.40. The second kappa shape index (κ2) is 9.35. The number of hydrogen-bond acceptors (Lipinski definition) is 4. The molecule has 0 aliphatic carbocycles. The van der Waals surface area contributed by atoms with E-state index in [2.05, 4.69) is 5.32 Å². The molecular weight excluding hydrogens is 304 g/mol. The Hall–Kier alpha value is -2.82. The van der Waals surface area contributed by atoms with E-state index in [1.165, 1.54) is 0 Å². The average molecular weight is 326 g/mol. The molecule has 1 unspecified atom stereocenters. The minimum Gasteiger partial charge on any atom is -0.480 e. The van der Waals surface area contributed by atoms with Crippen molar-refractivity contribution in [2.45, 2.75) is 26.0 Å².